The lowest BCUT2D eigenvalue weighted by molar-refractivity contribution is -0.134. The molecule has 34 heavy (non-hydrogen) atoms. The van der Waals surface area contributed by atoms with Gasteiger partial charge in [0, 0.05) is 75.1 Å². The molecule has 1 aromatic rings. The van der Waals surface area contributed by atoms with Crippen molar-refractivity contribution in [2.45, 2.75) is 65.3 Å². The molecule has 2 heterocycles. The molecule has 0 N–H and O–H groups in total. The zero-order valence-electron chi connectivity index (χ0n) is 21.6. The van der Waals surface area contributed by atoms with Gasteiger partial charge in [0.1, 0.15) is 0 Å². The summed E-state index contributed by atoms with van der Waals surface area (Å²) >= 11 is 0. The number of amides is 1. The van der Waals surface area contributed by atoms with Crippen LogP contribution in [0.4, 0.5) is 5.69 Å². The van der Waals surface area contributed by atoms with E-state index in [2.05, 4.69) is 31.7 Å². The topological polar surface area (TPSA) is 47.1 Å². The first-order valence-corrected chi connectivity index (χ1v) is 13.5. The molecule has 1 aliphatic carbocycles. The molecule has 0 aromatic heterocycles. The fraction of sp³-hybridized carbons (Fsp3) is 0.714. The van der Waals surface area contributed by atoms with E-state index in [1.165, 1.54) is 38.5 Å². The van der Waals surface area contributed by atoms with Gasteiger partial charge in [-0.25, -0.2) is 0 Å². The van der Waals surface area contributed by atoms with E-state index in [-0.39, 0.29) is 11.2 Å². The molecule has 3 fully saturated rings. The van der Waals surface area contributed by atoms with Crippen LogP contribution in [0, 0.1) is 5.41 Å². The van der Waals surface area contributed by atoms with Crippen molar-refractivity contribution in [3.63, 3.8) is 0 Å². The second-order valence-corrected chi connectivity index (χ2v) is 11.5. The van der Waals surface area contributed by atoms with Gasteiger partial charge in [0.2, 0.25) is 5.91 Å². The smallest absolute Gasteiger partial charge is 0.236 e. The SMILES string of the molecule is CC(C)(C)C(=O)c1ccc(N2CCN(CC(=O)N3CCN(C4CCCCCC4)CC3)CC2)cc1. The first kappa shape index (κ1) is 25.2. The summed E-state index contributed by atoms with van der Waals surface area (Å²) in [4.78, 5) is 34.8. The minimum Gasteiger partial charge on any atom is -0.369 e. The monoisotopic (exact) mass is 468 g/mol. The van der Waals surface area contributed by atoms with E-state index in [0.717, 1.165) is 69.7 Å². The van der Waals surface area contributed by atoms with Crippen LogP contribution in [0.1, 0.15) is 69.7 Å². The van der Waals surface area contributed by atoms with Crippen LogP contribution in [0.3, 0.4) is 0 Å². The average Bonchev–Trinajstić information content (AvgIpc) is 3.13. The van der Waals surface area contributed by atoms with Gasteiger partial charge < -0.3 is 9.80 Å². The summed E-state index contributed by atoms with van der Waals surface area (Å²) in [6.45, 7) is 13.9. The van der Waals surface area contributed by atoms with Crippen molar-refractivity contribution in [1.82, 2.24) is 14.7 Å². The Balaban J connectivity index is 1.20. The number of hydrogen-bond donors (Lipinski definition) is 0. The molecule has 2 saturated heterocycles. The first-order chi connectivity index (χ1) is 16.3. The maximum atomic E-state index is 13.0. The van der Waals surface area contributed by atoms with E-state index in [9.17, 15) is 9.59 Å². The highest BCUT2D eigenvalue weighted by atomic mass is 16.2. The van der Waals surface area contributed by atoms with Crippen molar-refractivity contribution < 1.29 is 9.59 Å². The van der Waals surface area contributed by atoms with E-state index < -0.39 is 0 Å². The maximum Gasteiger partial charge on any atom is 0.236 e. The number of benzene rings is 1. The molecule has 0 radical (unpaired) electrons. The Morgan fingerprint density at radius 2 is 1.38 bits per heavy atom. The highest BCUT2D eigenvalue weighted by Gasteiger charge is 2.28. The maximum absolute atomic E-state index is 13.0. The molecule has 6 heteroatoms. The number of ketones is 1. The predicted octanol–water partition coefficient (Wildman–Crippen LogP) is 3.90. The number of carbonyl (C=O) groups excluding carboxylic acids is 2. The average molecular weight is 469 g/mol. The second kappa shape index (κ2) is 11.2. The third-order valence-electron chi connectivity index (χ3n) is 7.92. The summed E-state index contributed by atoms with van der Waals surface area (Å²) in [5, 5.41) is 0. The van der Waals surface area contributed by atoms with Gasteiger partial charge >= 0.3 is 0 Å². The van der Waals surface area contributed by atoms with E-state index in [1.807, 2.05) is 32.9 Å². The molecule has 6 nitrogen and oxygen atoms in total. The van der Waals surface area contributed by atoms with Crippen molar-refractivity contribution in [2.24, 2.45) is 5.41 Å². The fourth-order valence-corrected chi connectivity index (χ4v) is 5.67. The van der Waals surface area contributed by atoms with Crippen molar-refractivity contribution in [3.8, 4) is 0 Å². The predicted molar refractivity (Wildman–Crippen MR) is 139 cm³/mol. The molecule has 0 spiro atoms. The van der Waals surface area contributed by atoms with Crippen molar-refractivity contribution >= 4 is 17.4 Å². The minimum absolute atomic E-state index is 0.178. The number of piperazine rings is 2. The van der Waals surface area contributed by atoms with E-state index in [0.29, 0.717) is 12.5 Å². The van der Waals surface area contributed by atoms with Crippen LogP contribution < -0.4 is 4.90 Å². The van der Waals surface area contributed by atoms with Crippen LogP contribution in [-0.4, -0.2) is 91.3 Å². The number of rotatable bonds is 5. The van der Waals surface area contributed by atoms with Gasteiger partial charge in [-0.15, -0.1) is 0 Å². The summed E-state index contributed by atoms with van der Waals surface area (Å²) in [6.07, 6.45) is 8.21. The van der Waals surface area contributed by atoms with Gasteiger partial charge in [0.25, 0.3) is 0 Å². The van der Waals surface area contributed by atoms with Crippen LogP contribution in [0.5, 0.6) is 0 Å². The quantitative estimate of drug-likeness (QED) is 0.484. The zero-order chi connectivity index (χ0) is 24.1. The Bertz CT molecular complexity index is 808. The van der Waals surface area contributed by atoms with Crippen molar-refractivity contribution in [1.29, 1.82) is 0 Å². The molecule has 1 saturated carbocycles. The molecule has 1 aromatic carbocycles. The molecular formula is C28H44N4O2. The highest BCUT2D eigenvalue weighted by molar-refractivity contribution is 6.00. The van der Waals surface area contributed by atoms with Gasteiger partial charge in [-0.2, -0.15) is 0 Å². The van der Waals surface area contributed by atoms with E-state index in [4.69, 9.17) is 0 Å². The van der Waals surface area contributed by atoms with Gasteiger partial charge in [-0.05, 0) is 37.1 Å². The molecule has 1 amide bonds. The summed E-state index contributed by atoms with van der Waals surface area (Å²) in [5.41, 5.74) is 1.58. The summed E-state index contributed by atoms with van der Waals surface area (Å²) < 4.78 is 0. The molecule has 0 unspecified atom stereocenters. The lowest BCUT2D eigenvalue weighted by Gasteiger charge is -2.40. The normalized spacial score (nSPS) is 22.0. The Morgan fingerprint density at radius 3 is 1.94 bits per heavy atom. The van der Waals surface area contributed by atoms with E-state index >= 15 is 0 Å². The number of hydrogen-bond acceptors (Lipinski definition) is 5. The van der Waals surface area contributed by atoms with Crippen LogP contribution >= 0.6 is 0 Å². The minimum atomic E-state index is -0.360. The van der Waals surface area contributed by atoms with Crippen LogP contribution in [-0.2, 0) is 4.79 Å². The Morgan fingerprint density at radius 1 is 0.794 bits per heavy atom. The molecule has 3 aliphatic rings. The highest BCUT2D eigenvalue weighted by Crippen LogP contribution is 2.25. The summed E-state index contributed by atoms with van der Waals surface area (Å²) in [6, 6.07) is 8.77. The molecule has 188 valence electrons. The van der Waals surface area contributed by atoms with E-state index in [1.54, 1.807) is 0 Å². The summed E-state index contributed by atoms with van der Waals surface area (Å²) in [7, 11) is 0. The largest absolute Gasteiger partial charge is 0.369 e. The number of carbonyl (C=O) groups is 2. The number of Topliss-reactive ketones (excluding diaryl/α,β-unsaturated/α-hetero) is 1. The first-order valence-electron chi connectivity index (χ1n) is 13.5. The number of nitrogens with zero attached hydrogens (tertiary/aromatic N) is 4. The molecule has 2 aliphatic heterocycles. The standard InChI is InChI=1S/C28H44N4O2/c1-28(2,3)27(34)23-10-12-25(13-11-23)30-16-14-29(15-17-30)22-26(33)32-20-18-31(19-21-32)24-8-6-4-5-7-9-24/h10-13,24H,4-9,14-22H2,1-3H3. The Hall–Kier alpha value is -1.92. The molecule has 0 atom stereocenters. The van der Waals surface area contributed by atoms with Gasteiger partial charge in [-0.3, -0.25) is 19.4 Å². The third kappa shape index (κ3) is 6.39. The van der Waals surface area contributed by atoms with Crippen LogP contribution in [0.15, 0.2) is 24.3 Å². The lowest BCUT2D eigenvalue weighted by Crippen LogP contribution is -2.55. The van der Waals surface area contributed by atoms with Crippen LogP contribution in [0.2, 0.25) is 0 Å². The molecule has 4 rings (SSSR count). The summed E-state index contributed by atoms with van der Waals surface area (Å²) in [5.74, 6) is 0.469. The lowest BCUT2D eigenvalue weighted by atomic mass is 9.86. The Labute approximate surface area is 206 Å². The third-order valence-corrected chi connectivity index (χ3v) is 7.92. The van der Waals surface area contributed by atoms with Gasteiger partial charge in [0.15, 0.2) is 5.78 Å². The van der Waals surface area contributed by atoms with Crippen molar-refractivity contribution in [2.75, 3.05) is 63.8 Å². The second-order valence-electron chi connectivity index (χ2n) is 11.5. The van der Waals surface area contributed by atoms with Gasteiger partial charge in [0.05, 0.1) is 6.54 Å². The molecule has 0 bridgehead atoms. The van der Waals surface area contributed by atoms with Gasteiger partial charge in [-0.1, -0.05) is 46.5 Å². The molecular weight excluding hydrogens is 424 g/mol. The Kier molecular flexibility index (Phi) is 8.30. The fourth-order valence-electron chi connectivity index (χ4n) is 5.67. The van der Waals surface area contributed by atoms with Crippen LogP contribution in [0.25, 0.3) is 0 Å². The zero-order valence-corrected chi connectivity index (χ0v) is 21.6. The number of anilines is 1. The van der Waals surface area contributed by atoms with Crippen molar-refractivity contribution in [3.05, 3.63) is 29.8 Å².